The van der Waals surface area contributed by atoms with Crippen LogP contribution >= 0.6 is 12.6 Å². The Morgan fingerprint density at radius 2 is 2.40 bits per heavy atom. The van der Waals surface area contributed by atoms with Gasteiger partial charge in [0, 0.05) is 12.4 Å². The Hall–Kier alpha value is -1.29. The van der Waals surface area contributed by atoms with Crippen molar-refractivity contribution in [2.45, 2.75) is 6.42 Å². The second kappa shape index (κ2) is 6.24. The number of aromatic nitrogens is 1. The van der Waals surface area contributed by atoms with Gasteiger partial charge in [-0.2, -0.15) is 12.6 Å². The van der Waals surface area contributed by atoms with Crippen LogP contribution in [0.5, 0.6) is 0 Å². The Kier molecular flexibility index (Phi) is 4.90. The lowest BCUT2D eigenvalue weighted by Gasteiger charge is -1.99. The normalized spacial score (nSPS) is 10.5. The number of carbonyl (C=O) groups excluding carboxylic acids is 1. The lowest BCUT2D eigenvalue weighted by atomic mass is 10.2. The topological polar surface area (TPSA) is 39.2 Å². The highest BCUT2D eigenvalue weighted by molar-refractivity contribution is 7.80. The van der Waals surface area contributed by atoms with E-state index in [-0.39, 0.29) is 5.97 Å². The Labute approximate surface area is 94.6 Å². The molecule has 1 heterocycles. The Morgan fingerprint density at radius 1 is 1.60 bits per heavy atom. The molecule has 1 aromatic heterocycles. The number of esters is 1. The van der Waals surface area contributed by atoms with E-state index in [1.807, 2.05) is 12.2 Å². The van der Waals surface area contributed by atoms with Crippen molar-refractivity contribution < 1.29 is 9.53 Å². The summed E-state index contributed by atoms with van der Waals surface area (Å²) >= 11 is 4.09. The molecule has 0 saturated heterocycles. The second-order valence-electron chi connectivity index (χ2n) is 2.91. The molecule has 0 unspecified atom stereocenters. The first-order valence-electron chi connectivity index (χ1n) is 4.58. The Morgan fingerprint density at radius 3 is 3.07 bits per heavy atom. The fourth-order valence-electron chi connectivity index (χ4n) is 1.07. The lowest BCUT2D eigenvalue weighted by molar-refractivity contribution is 0.0600. The Bertz CT molecular complexity index is 363. The summed E-state index contributed by atoms with van der Waals surface area (Å²) in [6, 6.07) is 1.74. The van der Waals surface area contributed by atoms with Gasteiger partial charge in [-0.05, 0) is 23.8 Å². The molecule has 0 spiro atoms. The van der Waals surface area contributed by atoms with Gasteiger partial charge >= 0.3 is 5.97 Å². The third kappa shape index (κ3) is 3.75. The first kappa shape index (κ1) is 11.8. The molecule has 1 rings (SSSR count). The van der Waals surface area contributed by atoms with Crippen molar-refractivity contribution in [3.63, 3.8) is 0 Å². The third-order valence-corrected chi connectivity index (χ3v) is 2.04. The van der Waals surface area contributed by atoms with Gasteiger partial charge in [0.05, 0.1) is 12.7 Å². The summed E-state index contributed by atoms with van der Waals surface area (Å²) in [4.78, 5) is 15.2. The Balaban J connectivity index is 2.78. The van der Waals surface area contributed by atoms with Crippen LogP contribution in [0.25, 0.3) is 6.08 Å². The summed E-state index contributed by atoms with van der Waals surface area (Å²) in [5.41, 5.74) is 1.35. The molecular formula is C11H13NO2S. The van der Waals surface area contributed by atoms with Gasteiger partial charge in [0.25, 0.3) is 0 Å². The van der Waals surface area contributed by atoms with Gasteiger partial charge in [-0.15, -0.1) is 0 Å². The van der Waals surface area contributed by atoms with Crippen LogP contribution in [-0.4, -0.2) is 23.8 Å². The number of hydrogen-bond acceptors (Lipinski definition) is 4. The highest BCUT2D eigenvalue weighted by Crippen LogP contribution is 2.06. The third-order valence-electron chi connectivity index (χ3n) is 1.79. The molecule has 0 aliphatic carbocycles. The van der Waals surface area contributed by atoms with E-state index >= 15 is 0 Å². The van der Waals surface area contributed by atoms with E-state index < -0.39 is 0 Å². The molecule has 0 saturated carbocycles. The summed E-state index contributed by atoms with van der Waals surface area (Å²) in [5.74, 6) is 0.438. The quantitative estimate of drug-likeness (QED) is 0.628. The fraction of sp³-hybridized carbons (Fsp3) is 0.273. The average molecular weight is 223 g/mol. The van der Waals surface area contributed by atoms with Crippen molar-refractivity contribution in [2.75, 3.05) is 12.9 Å². The minimum Gasteiger partial charge on any atom is -0.465 e. The van der Waals surface area contributed by atoms with Crippen LogP contribution in [0, 0.1) is 0 Å². The largest absolute Gasteiger partial charge is 0.465 e. The molecule has 0 N–H and O–H groups in total. The number of pyridine rings is 1. The van der Waals surface area contributed by atoms with Gasteiger partial charge in [0.15, 0.2) is 0 Å². The second-order valence-corrected chi connectivity index (χ2v) is 3.36. The SMILES string of the molecule is COC(=O)c1cncc(C=CCCS)c1. The summed E-state index contributed by atoms with van der Waals surface area (Å²) < 4.78 is 4.60. The van der Waals surface area contributed by atoms with Crippen molar-refractivity contribution in [1.82, 2.24) is 4.98 Å². The monoisotopic (exact) mass is 223 g/mol. The van der Waals surface area contributed by atoms with Crippen LogP contribution in [0.1, 0.15) is 22.3 Å². The van der Waals surface area contributed by atoms with E-state index in [2.05, 4.69) is 22.3 Å². The van der Waals surface area contributed by atoms with E-state index in [0.29, 0.717) is 5.56 Å². The molecule has 4 heteroatoms. The predicted octanol–water partition coefficient (Wildman–Crippen LogP) is 2.20. The predicted molar refractivity (Wildman–Crippen MR) is 63.1 cm³/mol. The van der Waals surface area contributed by atoms with Crippen molar-refractivity contribution in [1.29, 1.82) is 0 Å². The van der Waals surface area contributed by atoms with E-state index in [0.717, 1.165) is 17.7 Å². The van der Waals surface area contributed by atoms with E-state index in [1.165, 1.54) is 13.3 Å². The van der Waals surface area contributed by atoms with Crippen molar-refractivity contribution in [3.05, 3.63) is 35.7 Å². The standard InChI is InChI=1S/C11H13NO2S/c1-14-11(13)10-6-9(7-12-8-10)4-2-3-5-15/h2,4,6-8,15H,3,5H2,1H3. The summed E-state index contributed by atoms with van der Waals surface area (Å²) in [6.07, 6.45) is 7.98. The van der Waals surface area contributed by atoms with Gasteiger partial charge in [-0.25, -0.2) is 4.79 Å². The van der Waals surface area contributed by atoms with Gasteiger partial charge in [0.2, 0.25) is 0 Å². The molecule has 0 atom stereocenters. The van der Waals surface area contributed by atoms with Crippen LogP contribution in [0.3, 0.4) is 0 Å². The fourth-order valence-corrected chi connectivity index (χ4v) is 1.22. The molecule has 80 valence electrons. The lowest BCUT2D eigenvalue weighted by Crippen LogP contribution is -2.01. The molecule has 0 aliphatic heterocycles. The first-order chi connectivity index (χ1) is 7.27. The van der Waals surface area contributed by atoms with Gasteiger partial charge in [0.1, 0.15) is 0 Å². The van der Waals surface area contributed by atoms with Crippen molar-refractivity contribution in [3.8, 4) is 0 Å². The number of thiol groups is 1. The van der Waals surface area contributed by atoms with Gasteiger partial charge in [-0.3, -0.25) is 4.98 Å². The zero-order valence-corrected chi connectivity index (χ0v) is 9.41. The molecule has 0 aromatic carbocycles. The highest BCUT2D eigenvalue weighted by atomic mass is 32.1. The average Bonchev–Trinajstić information content (AvgIpc) is 2.29. The zero-order chi connectivity index (χ0) is 11.1. The maximum absolute atomic E-state index is 11.2. The number of carbonyl (C=O) groups is 1. The summed E-state index contributed by atoms with van der Waals surface area (Å²) in [6.45, 7) is 0. The van der Waals surface area contributed by atoms with E-state index in [4.69, 9.17) is 0 Å². The van der Waals surface area contributed by atoms with Gasteiger partial charge in [-0.1, -0.05) is 12.2 Å². The number of ether oxygens (including phenoxy) is 1. The molecule has 0 amide bonds. The van der Waals surface area contributed by atoms with Crippen LogP contribution in [-0.2, 0) is 4.74 Å². The molecule has 0 bridgehead atoms. The molecule has 0 fully saturated rings. The first-order valence-corrected chi connectivity index (χ1v) is 5.22. The van der Waals surface area contributed by atoms with Crippen LogP contribution in [0.4, 0.5) is 0 Å². The number of methoxy groups -OCH3 is 1. The van der Waals surface area contributed by atoms with Crippen molar-refractivity contribution >= 4 is 24.7 Å². The number of nitrogens with zero attached hydrogens (tertiary/aromatic N) is 1. The molecular weight excluding hydrogens is 210 g/mol. The number of hydrogen-bond donors (Lipinski definition) is 1. The summed E-state index contributed by atoms with van der Waals surface area (Å²) in [7, 11) is 1.35. The number of allylic oxidation sites excluding steroid dienone is 1. The minimum atomic E-state index is -0.369. The molecule has 15 heavy (non-hydrogen) atoms. The van der Waals surface area contributed by atoms with Crippen LogP contribution in [0.2, 0.25) is 0 Å². The van der Waals surface area contributed by atoms with Gasteiger partial charge < -0.3 is 4.74 Å². The maximum Gasteiger partial charge on any atom is 0.339 e. The van der Waals surface area contributed by atoms with Crippen LogP contribution < -0.4 is 0 Å². The molecule has 1 aromatic rings. The molecule has 0 aliphatic rings. The maximum atomic E-state index is 11.2. The smallest absolute Gasteiger partial charge is 0.339 e. The van der Waals surface area contributed by atoms with Crippen molar-refractivity contribution in [2.24, 2.45) is 0 Å². The number of rotatable bonds is 4. The van der Waals surface area contributed by atoms with Crippen LogP contribution in [0.15, 0.2) is 24.5 Å². The molecule has 3 nitrogen and oxygen atoms in total. The summed E-state index contributed by atoms with van der Waals surface area (Å²) in [5, 5.41) is 0. The highest BCUT2D eigenvalue weighted by Gasteiger charge is 2.04. The zero-order valence-electron chi connectivity index (χ0n) is 8.51. The minimum absolute atomic E-state index is 0.369. The van der Waals surface area contributed by atoms with E-state index in [1.54, 1.807) is 12.3 Å². The molecule has 0 radical (unpaired) electrons. The van der Waals surface area contributed by atoms with E-state index in [9.17, 15) is 4.79 Å².